The molecule has 0 saturated heterocycles. The molecule has 6 heteroatoms. The number of carbonyl (C=O) groups excluding carboxylic acids is 1. The molecule has 40 heavy (non-hydrogen) atoms. The SMILES string of the molecule is Cc1cc(OC(CC(C)(C)C)c2ccc(C(=O)NC[C@@H](O)C(=O)O)cc2)cc(C)c1-c1ccc(C(C)(C)C)cc1. The molecule has 0 aliphatic rings. The van der Waals surface area contributed by atoms with E-state index in [4.69, 9.17) is 9.84 Å². The van der Waals surface area contributed by atoms with Crippen molar-refractivity contribution >= 4 is 11.9 Å². The van der Waals surface area contributed by atoms with Crippen molar-refractivity contribution in [2.75, 3.05) is 6.54 Å². The Morgan fingerprint density at radius 2 is 1.43 bits per heavy atom. The largest absolute Gasteiger partial charge is 0.486 e. The lowest BCUT2D eigenvalue weighted by Gasteiger charge is -2.28. The van der Waals surface area contributed by atoms with Gasteiger partial charge in [-0.05, 0) is 88.7 Å². The van der Waals surface area contributed by atoms with E-state index in [0.29, 0.717) is 5.56 Å². The number of hydrogen-bond acceptors (Lipinski definition) is 4. The van der Waals surface area contributed by atoms with Gasteiger partial charge in [-0.2, -0.15) is 0 Å². The monoisotopic (exact) mass is 545 g/mol. The van der Waals surface area contributed by atoms with Gasteiger partial charge >= 0.3 is 5.97 Å². The van der Waals surface area contributed by atoms with E-state index in [1.54, 1.807) is 12.1 Å². The van der Waals surface area contributed by atoms with Gasteiger partial charge in [-0.15, -0.1) is 0 Å². The van der Waals surface area contributed by atoms with E-state index in [1.807, 2.05) is 12.1 Å². The van der Waals surface area contributed by atoms with Gasteiger partial charge in [0.1, 0.15) is 11.9 Å². The summed E-state index contributed by atoms with van der Waals surface area (Å²) in [5.41, 5.74) is 7.40. The van der Waals surface area contributed by atoms with Crippen LogP contribution in [0.1, 0.15) is 86.7 Å². The van der Waals surface area contributed by atoms with Crippen LogP contribution in [0.4, 0.5) is 0 Å². The van der Waals surface area contributed by atoms with Gasteiger partial charge in [-0.25, -0.2) is 4.79 Å². The molecule has 0 fully saturated rings. The van der Waals surface area contributed by atoms with E-state index in [-0.39, 0.29) is 23.5 Å². The van der Waals surface area contributed by atoms with Crippen LogP contribution in [0, 0.1) is 19.3 Å². The molecule has 0 spiro atoms. The number of amides is 1. The maximum atomic E-state index is 12.4. The second-order valence-corrected chi connectivity index (χ2v) is 12.8. The minimum Gasteiger partial charge on any atom is -0.486 e. The van der Waals surface area contributed by atoms with Gasteiger partial charge in [0.2, 0.25) is 0 Å². The maximum Gasteiger partial charge on any atom is 0.334 e. The summed E-state index contributed by atoms with van der Waals surface area (Å²) in [7, 11) is 0. The highest BCUT2D eigenvalue weighted by molar-refractivity contribution is 5.94. The van der Waals surface area contributed by atoms with Crippen LogP contribution < -0.4 is 10.1 Å². The normalized spacial score (nSPS) is 13.4. The van der Waals surface area contributed by atoms with Gasteiger partial charge in [0, 0.05) is 5.56 Å². The molecule has 3 rings (SSSR count). The Bertz CT molecular complexity index is 1310. The summed E-state index contributed by atoms with van der Waals surface area (Å²) in [6.07, 6.45) is -1.12. The third-order valence-electron chi connectivity index (χ3n) is 6.91. The van der Waals surface area contributed by atoms with Crippen molar-refractivity contribution in [3.63, 3.8) is 0 Å². The molecule has 0 aliphatic carbocycles. The van der Waals surface area contributed by atoms with Crippen LogP contribution in [-0.4, -0.2) is 34.7 Å². The summed E-state index contributed by atoms with van der Waals surface area (Å²) < 4.78 is 6.60. The lowest BCUT2D eigenvalue weighted by molar-refractivity contribution is -0.146. The third kappa shape index (κ3) is 8.18. The van der Waals surface area contributed by atoms with Crippen molar-refractivity contribution in [2.24, 2.45) is 5.41 Å². The molecule has 0 heterocycles. The molecular weight excluding hydrogens is 502 g/mol. The fraction of sp³-hybridized carbons (Fsp3) is 0.412. The Labute approximate surface area is 238 Å². The van der Waals surface area contributed by atoms with Crippen LogP contribution in [0.15, 0.2) is 60.7 Å². The van der Waals surface area contributed by atoms with Gasteiger partial charge < -0.3 is 20.3 Å². The Morgan fingerprint density at radius 3 is 1.90 bits per heavy atom. The number of aryl methyl sites for hydroxylation is 2. The van der Waals surface area contributed by atoms with E-state index in [1.165, 1.54) is 16.7 Å². The van der Waals surface area contributed by atoms with Crippen molar-refractivity contribution in [1.29, 1.82) is 0 Å². The van der Waals surface area contributed by atoms with E-state index in [2.05, 4.69) is 97.1 Å². The summed E-state index contributed by atoms with van der Waals surface area (Å²) in [6.45, 7) is 17.0. The van der Waals surface area contributed by atoms with Crippen LogP contribution in [0.3, 0.4) is 0 Å². The van der Waals surface area contributed by atoms with Gasteiger partial charge in [0.25, 0.3) is 5.91 Å². The van der Waals surface area contributed by atoms with Crippen molar-refractivity contribution in [3.8, 4) is 16.9 Å². The van der Waals surface area contributed by atoms with Crippen molar-refractivity contribution in [1.82, 2.24) is 5.32 Å². The van der Waals surface area contributed by atoms with Crippen LogP contribution in [0.5, 0.6) is 5.75 Å². The summed E-state index contributed by atoms with van der Waals surface area (Å²) in [4.78, 5) is 23.2. The number of aliphatic hydroxyl groups excluding tert-OH is 1. The molecule has 6 nitrogen and oxygen atoms in total. The lowest BCUT2D eigenvalue weighted by Crippen LogP contribution is -2.36. The number of aliphatic hydroxyl groups is 1. The molecule has 3 aromatic rings. The molecule has 2 atom stereocenters. The smallest absolute Gasteiger partial charge is 0.334 e. The number of carbonyl (C=O) groups is 2. The molecule has 1 amide bonds. The molecule has 3 aromatic carbocycles. The van der Waals surface area contributed by atoms with E-state index in [9.17, 15) is 14.7 Å². The molecule has 0 bridgehead atoms. The van der Waals surface area contributed by atoms with Gasteiger partial charge in [-0.1, -0.05) is 77.9 Å². The Morgan fingerprint density at radius 1 is 0.875 bits per heavy atom. The van der Waals surface area contributed by atoms with Crippen molar-refractivity contribution in [2.45, 2.75) is 79.4 Å². The Hall–Kier alpha value is -3.64. The molecule has 0 aromatic heterocycles. The van der Waals surface area contributed by atoms with E-state index >= 15 is 0 Å². The highest BCUT2D eigenvalue weighted by Gasteiger charge is 2.24. The maximum absolute atomic E-state index is 12.4. The second kappa shape index (κ2) is 12.3. The van der Waals surface area contributed by atoms with Crippen LogP contribution in [-0.2, 0) is 10.2 Å². The van der Waals surface area contributed by atoms with E-state index in [0.717, 1.165) is 28.9 Å². The van der Waals surface area contributed by atoms with Gasteiger partial charge in [-0.3, -0.25) is 4.79 Å². The standard InChI is InChI=1S/C34H43NO5/c1-21-17-27(18-22(2)30(21)24-13-15-26(16-14-24)34(6,7)8)40-29(19-33(3,4)5)23-9-11-25(12-10-23)31(37)35-20-28(36)32(38)39/h9-18,28-29,36H,19-20H2,1-8H3,(H,35,37)(H,38,39)/t28-,29?/m1/s1. The predicted molar refractivity (Wildman–Crippen MR) is 160 cm³/mol. The number of benzene rings is 3. The highest BCUT2D eigenvalue weighted by Crippen LogP contribution is 2.37. The number of carboxylic acids is 1. The highest BCUT2D eigenvalue weighted by atomic mass is 16.5. The predicted octanol–water partition coefficient (Wildman–Crippen LogP) is 7.00. The second-order valence-electron chi connectivity index (χ2n) is 12.8. The molecule has 0 saturated carbocycles. The first-order chi connectivity index (χ1) is 18.5. The topological polar surface area (TPSA) is 95.9 Å². The molecule has 3 N–H and O–H groups in total. The first-order valence-electron chi connectivity index (χ1n) is 13.7. The minimum atomic E-state index is -1.64. The quantitative estimate of drug-likeness (QED) is 0.269. The first kappa shape index (κ1) is 30.9. The summed E-state index contributed by atoms with van der Waals surface area (Å²) >= 11 is 0. The minimum absolute atomic E-state index is 0.00743. The zero-order chi connectivity index (χ0) is 29.8. The summed E-state index contributed by atoms with van der Waals surface area (Å²) in [5.74, 6) is -1.03. The number of aliphatic carboxylic acids is 1. The molecule has 1 unspecified atom stereocenters. The molecule has 214 valence electrons. The molecular formula is C34H43NO5. The van der Waals surface area contributed by atoms with Crippen molar-refractivity contribution < 1.29 is 24.5 Å². The fourth-order valence-corrected chi connectivity index (χ4v) is 4.76. The third-order valence-corrected chi connectivity index (χ3v) is 6.91. The first-order valence-corrected chi connectivity index (χ1v) is 13.7. The zero-order valence-electron chi connectivity index (χ0n) is 25.0. The molecule has 0 radical (unpaired) electrons. The average molecular weight is 546 g/mol. The van der Waals surface area contributed by atoms with Gasteiger partial charge in [0.15, 0.2) is 6.10 Å². The summed E-state index contributed by atoms with van der Waals surface area (Å²) in [5, 5.41) is 20.7. The van der Waals surface area contributed by atoms with Crippen LogP contribution >= 0.6 is 0 Å². The van der Waals surface area contributed by atoms with Gasteiger partial charge in [0.05, 0.1) is 6.54 Å². The summed E-state index contributed by atoms with van der Waals surface area (Å²) in [6, 6.07) is 20.1. The fourth-order valence-electron chi connectivity index (χ4n) is 4.76. The number of rotatable bonds is 9. The Kier molecular flexibility index (Phi) is 9.47. The van der Waals surface area contributed by atoms with Crippen molar-refractivity contribution in [3.05, 3.63) is 88.5 Å². The lowest BCUT2D eigenvalue weighted by atomic mass is 9.85. The van der Waals surface area contributed by atoms with Crippen LogP contribution in [0.25, 0.3) is 11.1 Å². The zero-order valence-corrected chi connectivity index (χ0v) is 25.0. The number of hydrogen-bond donors (Lipinski definition) is 3. The number of carboxylic acid groups (broad SMARTS) is 1. The number of ether oxygens (including phenoxy) is 1. The van der Waals surface area contributed by atoms with Crippen LogP contribution in [0.2, 0.25) is 0 Å². The van der Waals surface area contributed by atoms with E-state index < -0.39 is 18.0 Å². The molecule has 0 aliphatic heterocycles. The number of nitrogens with one attached hydrogen (secondary N) is 1. The average Bonchev–Trinajstić information content (AvgIpc) is 2.85. The Balaban J connectivity index is 1.84.